The second kappa shape index (κ2) is 4.64. The number of benzene rings is 1. The Morgan fingerprint density at radius 3 is 2.77 bits per heavy atom. The van der Waals surface area contributed by atoms with E-state index in [1.807, 2.05) is 0 Å². The smallest absolute Gasteiger partial charge is 0.0351 e. The summed E-state index contributed by atoms with van der Waals surface area (Å²) in [6.07, 6.45) is 1.16. The summed E-state index contributed by atoms with van der Waals surface area (Å²) in [6, 6.07) is 8.67. The first-order valence-electron chi connectivity index (χ1n) is 4.20. The summed E-state index contributed by atoms with van der Waals surface area (Å²) < 4.78 is 2.35. The van der Waals surface area contributed by atoms with Gasteiger partial charge in [-0.05, 0) is 27.4 Å². The molecule has 70 valence electrons. The highest BCUT2D eigenvalue weighted by Gasteiger charge is 2.15. The van der Waals surface area contributed by atoms with Gasteiger partial charge in [0.05, 0.1) is 0 Å². The summed E-state index contributed by atoms with van der Waals surface area (Å²) in [5.41, 5.74) is 2.96. The van der Waals surface area contributed by atoms with E-state index in [0.29, 0.717) is 0 Å². The van der Waals surface area contributed by atoms with Crippen LogP contribution in [0.4, 0.5) is 0 Å². The molecule has 1 aromatic rings. The SMILES string of the molecule is SSSN1CCc2ccccc2C1. The first-order valence-corrected chi connectivity index (χ1v) is 7.36. The van der Waals surface area contributed by atoms with Gasteiger partial charge in [-0.1, -0.05) is 35.9 Å². The average molecular weight is 229 g/mol. The van der Waals surface area contributed by atoms with Gasteiger partial charge < -0.3 is 0 Å². The third-order valence-electron chi connectivity index (χ3n) is 2.23. The van der Waals surface area contributed by atoms with Crippen LogP contribution in [0.15, 0.2) is 24.3 Å². The van der Waals surface area contributed by atoms with Crippen molar-refractivity contribution >= 4 is 32.5 Å². The molecule has 1 nitrogen and oxygen atoms in total. The van der Waals surface area contributed by atoms with Crippen LogP contribution in [0, 0.1) is 0 Å². The van der Waals surface area contributed by atoms with Gasteiger partial charge in [0.2, 0.25) is 0 Å². The minimum Gasteiger partial charge on any atom is -0.236 e. The molecule has 1 heterocycles. The van der Waals surface area contributed by atoms with E-state index in [4.69, 9.17) is 0 Å². The number of hydrogen-bond donors (Lipinski definition) is 1. The monoisotopic (exact) mass is 229 g/mol. The van der Waals surface area contributed by atoms with Crippen LogP contribution in [0.2, 0.25) is 0 Å². The molecular formula is C9H11NS3. The predicted octanol–water partition coefficient (Wildman–Crippen LogP) is 3.19. The summed E-state index contributed by atoms with van der Waals surface area (Å²) in [5, 5.41) is 0. The van der Waals surface area contributed by atoms with E-state index >= 15 is 0 Å². The molecule has 2 rings (SSSR count). The lowest BCUT2D eigenvalue weighted by Crippen LogP contribution is -2.23. The van der Waals surface area contributed by atoms with Gasteiger partial charge >= 0.3 is 0 Å². The molecule has 0 radical (unpaired) electrons. The highest BCUT2D eigenvalue weighted by Crippen LogP contribution is 2.33. The van der Waals surface area contributed by atoms with Crippen LogP contribution in [-0.4, -0.2) is 10.8 Å². The number of rotatable bonds is 2. The molecule has 0 spiro atoms. The minimum atomic E-state index is 1.05. The highest BCUT2D eigenvalue weighted by atomic mass is 33.5. The van der Waals surface area contributed by atoms with Crippen molar-refractivity contribution < 1.29 is 0 Å². The number of fused-ring (bicyclic) bond motifs is 1. The molecule has 0 amide bonds. The molecule has 0 saturated heterocycles. The van der Waals surface area contributed by atoms with Crippen molar-refractivity contribution in [3.05, 3.63) is 35.4 Å². The van der Waals surface area contributed by atoms with Crippen molar-refractivity contribution in [3.8, 4) is 0 Å². The van der Waals surface area contributed by atoms with E-state index in [1.54, 1.807) is 11.0 Å². The van der Waals surface area contributed by atoms with E-state index in [0.717, 1.165) is 19.5 Å². The van der Waals surface area contributed by atoms with E-state index in [9.17, 15) is 0 Å². The lowest BCUT2D eigenvalue weighted by molar-refractivity contribution is 0.449. The van der Waals surface area contributed by atoms with Crippen molar-refractivity contribution in [3.63, 3.8) is 0 Å². The second-order valence-electron chi connectivity index (χ2n) is 3.03. The fraction of sp³-hybridized carbons (Fsp3) is 0.333. The second-order valence-corrected chi connectivity index (χ2v) is 6.08. The summed E-state index contributed by atoms with van der Waals surface area (Å²) in [5.74, 6) is 0. The van der Waals surface area contributed by atoms with Crippen LogP contribution in [0.5, 0.6) is 0 Å². The Hall–Kier alpha value is 0.230. The number of nitrogens with zero attached hydrogens (tertiary/aromatic N) is 1. The molecule has 4 heteroatoms. The highest BCUT2D eigenvalue weighted by molar-refractivity contribution is 9.04. The molecule has 1 aliphatic rings. The first kappa shape index (κ1) is 9.77. The molecule has 0 atom stereocenters. The van der Waals surface area contributed by atoms with Crippen molar-refractivity contribution in [2.75, 3.05) is 6.54 Å². The molecule has 1 aliphatic heterocycles. The lowest BCUT2D eigenvalue weighted by atomic mass is 10.0. The zero-order valence-electron chi connectivity index (χ0n) is 7.14. The predicted molar refractivity (Wildman–Crippen MR) is 64.7 cm³/mol. The Balaban J connectivity index is 2.11. The molecule has 0 aromatic heterocycles. The van der Waals surface area contributed by atoms with E-state index in [2.05, 4.69) is 40.2 Å². The number of hydrogen-bond acceptors (Lipinski definition) is 4. The summed E-state index contributed by atoms with van der Waals surface area (Å²) in [7, 11) is 3.25. The minimum absolute atomic E-state index is 1.05. The van der Waals surface area contributed by atoms with Crippen LogP contribution >= 0.6 is 32.5 Å². The summed E-state index contributed by atoms with van der Waals surface area (Å²) in [4.78, 5) is 0. The molecule has 0 fully saturated rings. The standard InChI is InChI=1S/C9H11NS3/c11-13-12-10-6-5-8-3-1-2-4-9(8)7-10/h1-4,11H,5-7H2. The van der Waals surface area contributed by atoms with Crippen LogP contribution < -0.4 is 0 Å². The van der Waals surface area contributed by atoms with Gasteiger partial charge in [-0.15, -0.1) is 0 Å². The lowest BCUT2D eigenvalue weighted by Gasteiger charge is -2.26. The molecule has 0 unspecified atom stereocenters. The number of thiol groups is 1. The molecule has 1 aromatic carbocycles. The Kier molecular flexibility index (Phi) is 3.49. The van der Waals surface area contributed by atoms with Gasteiger partial charge in [-0.2, -0.15) is 0 Å². The zero-order chi connectivity index (χ0) is 9.10. The topological polar surface area (TPSA) is 3.24 Å². The molecular weight excluding hydrogens is 218 g/mol. The van der Waals surface area contributed by atoms with Gasteiger partial charge in [0.15, 0.2) is 0 Å². The summed E-state index contributed by atoms with van der Waals surface area (Å²) >= 11 is 4.14. The van der Waals surface area contributed by atoms with Gasteiger partial charge in [0, 0.05) is 24.1 Å². The van der Waals surface area contributed by atoms with Crippen LogP contribution in [-0.2, 0) is 13.0 Å². The average Bonchev–Trinajstić information content (AvgIpc) is 2.18. The fourth-order valence-electron chi connectivity index (χ4n) is 1.58. The quantitative estimate of drug-likeness (QED) is 0.472. The molecule has 0 saturated carbocycles. The first-order chi connectivity index (χ1) is 6.40. The van der Waals surface area contributed by atoms with Crippen molar-refractivity contribution in [2.24, 2.45) is 0 Å². The zero-order valence-corrected chi connectivity index (χ0v) is 9.67. The molecule has 0 N–H and O–H groups in total. The van der Waals surface area contributed by atoms with Crippen LogP contribution in [0.3, 0.4) is 0 Å². The third kappa shape index (κ3) is 2.37. The van der Waals surface area contributed by atoms with Gasteiger partial charge in [-0.25, -0.2) is 4.31 Å². The fourth-order valence-corrected chi connectivity index (χ4v) is 3.55. The summed E-state index contributed by atoms with van der Waals surface area (Å²) in [6.45, 7) is 2.18. The normalized spacial score (nSPS) is 17.0. The maximum absolute atomic E-state index is 4.14. The third-order valence-corrected chi connectivity index (χ3v) is 4.26. The Labute approximate surface area is 91.6 Å². The Morgan fingerprint density at radius 1 is 1.23 bits per heavy atom. The Bertz CT molecular complexity index is 290. The van der Waals surface area contributed by atoms with Gasteiger partial charge in [-0.3, -0.25) is 0 Å². The van der Waals surface area contributed by atoms with E-state index in [-0.39, 0.29) is 0 Å². The molecule has 0 bridgehead atoms. The van der Waals surface area contributed by atoms with Gasteiger partial charge in [0.25, 0.3) is 0 Å². The van der Waals surface area contributed by atoms with Crippen molar-refractivity contribution in [1.82, 2.24) is 4.31 Å². The van der Waals surface area contributed by atoms with Crippen LogP contribution in [0.25, 0.3) is 0 Å². The molecule has 13 heavy (non-hydrogen) atoms. The Morgan fingerprint density at radius 2 is 2.00 bits per heavy atom. The van der Waals surface area contributed by atoms with Crippen LogP contribution in [0.1, 0.15) is 11.1 Å². The van der Waals surface area contributed by atoms with Crippen molar-refractivity contribution in [2.45, 2.75) is 13.0 Å². The largest absolute Gasteiger partial charge is 0.236 e. The van der Waals surface area contributed by atoms with E-state index in [1.165, 1.54) is 21.0 Å². The maximum Gasteiger partial charge on any atom is 0.0351 e. The van der Waals surface area contributed by atoms with Gasteiger partial charge in [0.1, 0.15) is 0 Å². The van der Waals surface area contributed by atoms with E-state index < -0.39 is 0 Å². The molecule has 0 aliphatic carbocycles. The maximum atomic E-state index is 4.14. The van der Waals surface area contributed by atoms with Crippen molar-refractivity contribution in [1.29, 1.82) is 0 Å².